The summed E-state index contributed by atoms with van der Waals surface area (Å²) in [5.74, 6) is 0.0675. The largest absolute Gasteiger partial charge is 0.382 e. The Morgan fingerprint density at radius 2 is 1.67 bits per heavy atom. The van der Waals surface area contributed by atoms with E-state index < -0.39 is 0 Å². The Hall–Kier alpha value is -0.690. The molecule has 0 rings (SSSR count). The fraction of sp³-hybridized carbons (Fsp3) is 0.917. The molecular formula is C12H26N2O4. The fourth-order valence-electron chi connectivity index (χ4n) is 1.29. The van der Waals surface area contributed by atoms with Crippen LogP contribution in [0.2, 0.25) is 0 Å². The highest BCUT2D eigenvalue weighted by molar-refractivity contribution is 5.80. The molecule has 0 aliphatic heterocycles. The third kappa shape index (κ3) is 9.35. The van der Waals surface area contributed by atoms with E-state index in [1.807, 2.05) is 6.92 Å². The molecule has 6 heteroatoms. The number of methoxy groups -OCH3 is 1. The smallest absolute Gasteiger partial charge is 0.238 e. The Labute approximate surface area is 110 Å². The molecule has 0 aromatic heterocycles. The topological polar surface area (TPSA) is 60.0 Å². The van der Waals surface area contributed by atoms with Crippen LogP contribution in [0, 0.1) is 0 Å². The minimum absolute atomic E-state index is 0.0675. The molecule has 6 nitrogen and oxygen atoms in total. The van der Waals surface area contributed by atoms with E-state index in [-0.39, 0.29) is 11.9 Å². The van der Waals surface area contributed by atoms with Crippen molar-refractivity contribution in [3.63, 3.8) is 0 Å². The van der Waals surface area contributed by atoms with Crippen molar-refractivity contribution in [2.24, 2.45) is 0 Å². The summed E-state index contributed by atoms with van der Waals surface area (Å²) in [6, 6.07) is -0.179. The summed E-state index contributed by atoms with van der Waals surface area (Å²) < 4.78 is 15.4. The molecule has 1 N–H and O–H groups in total. The van der Waals surface area contributed by atoms with E-state index in [1.54, 1.807) is 26.1 Å². The Kier molecular flexibility index (Phi) is 11.0. The number of amides is 1. The standard InChI is InChI=1S/C12H26N2O4/c1-11(12(15)14(2)3)13-5-6-17-9-10-18-8-7-16-4/h11,13H,5-10H2,1-4H3. The van der Waals surface area contributed by atoms with Gasteiger partial charge in [-0.1, -0.05) is 0 Å². The van der Waals surface area contributed by atoms with E-state index >= 15 is 0 Å². The number of rotatable bonds is 11. The van der Waals surface area contributed by atoms with Crippen molar-refractivity contribution in [3.05, 3.63) is 0 Å². The van der Waals surface area contributed by atoms with Gasteiger partial charge in [-0.15, -0.1) is 0 Å². The molecule has 0 aromatic rings. The Bertz CT molecular complexity index is 212. The van der Waals surface area contributed by atoms with Crippen LogP contribution in [0.1, 0.15) is 6.92 Å². The minimum Gasteiger partial charge on any atom is -0.382 e. The van der Waals surface area contributed by atoms with Gasteiger partial charge in [0.15, 0.2) is 0 Å². The van der Waals surface area contributed by atoms with Gasteiger partial charge >= 0.3 is 0 Å². The summed E-state index contributed by atoms with van der Waals surface area (Å²) in [5.41, 5.74) is 0. The van der Waals surface area contributed by atoms with Crippen LogP contribution >= 0.6 is 0 Å². The van der Waals surface area contributed by atoms with Gasteiger partial charge in [-0.05, 0) is 6.92 Å². The highest BCUT2D eigenvalue weighted by Gasteiger charge is 2.12. The van der Waals surface area contributed by atoms with Crippen molar-refractivity contribution in [2.75, 3.05) is 60.8 Å². The molecule has 108 valence electrons. The van der Waals surface area contributed by atoms with Gasteiger partial charge in [-0.25, -0.2) is 0 Å². The lowest BCUT2D eigenvalue weighted by molar-refractivity contribution is -0.130. The lowest BCUT2D eigenvalue weighted by Crippen LogP contribution is -2.42. The molecule has 1 unspecified atom stereocenters. The lowest BCUT2D eigenvalue weighted by atomic mass is 10.3. The van der Waals surface area contributed by atoms with Crippen molar-refractivity contribution in [3.8, 4) is 0 Å². The van der Waals surface area contributed by atoms with Crippen molar-refractivity contribution in [1.29, 1.82) is 0 Å². The van der Waals surface area contributed by atoms with Crippen LogP contribution in [-0.4, -0.2) is 77.6 Å². The molecule has 0 bridgehead atoms. The average Bonchev–Trinajstić information content (AvgIpc) is 2.35. The second-order valence-corrected chi connectivity index (χ2v) is 4.13. The van der Waals surface area contributed by atoms with E-state index in [4.69, 9.17) is 14.2 Å². The van der Waals surface area contributed by atoms with E-state index in [2.05, 4.69) is 5.32 Å². The van der Waals surface area contributed by atoms with E-state index in [0.29, 0.717) is 39.6 Å². The summed E-state index contributed by atoms with van der Waals surface area (Å²) in [5, 5.41) is 3.10. The molecular weight excluding hydrogens is 236 g/mol. The minimum atomic E-state index is -0.179. The fourth-order valence-corrected chi connectivity index (χ4v) is 1.29. The number of ether oxygens (including phenoxy) is 3. The summed E-state index contributed by atoms with van der Waals surface area (Å²) >= 11 is 0. The molecule has 0 aliphatic carbocycles. The van der Waals surface area contributed by atoms with Crippen molar-refractivity contribution in [2.45, 2.75) is 13.0 Å². The molecule has 0 aromatic carbocycles. The third-order valence-electron chi connectivity index (χ3n) is 2.31. The number of nitrogens with zero attached hydrogens (tertiary/aromatic N) is 1. The van der Waals surface area contributed by atoms with Gasteiger partial charge in [0, 0.05) is 27.7 Å². The molecule has 0 heterocycles. The maximum absolute atomic E-state index is 11.5. The van der Waals surface area contributed by atoms with Crippen LogP contribution in [0.25, 0.3) is 0 Å². The van der Waals surface area contributed by atoms with Gasteiger partial charge in [0.25, 0.3) is 0 Å². The highest BCUT2D eigenvalue weighted by atomic mass is 16.5. The molecule has 1 amide bonds. The molecule has 0 spiro atoms. The first-order valence-corrected chi connectivity index (χ1v) is 6.18. The van der Waals surface area contributed by atoms with Crippen LogP contribution < -0.4 is 5.32 Å². The van der Waals surface area contributed by atoms with Crippen molar-refractivity contribution < 1.29 is 19.0 Å². The number of nitrogens with one attached hydrogen (secondary N) is 1. The molecule has 0 fully saturated rings. The predicted octanol–water partition coefficient (Wildman–Crippen LogP) is -0.268. The normalized spacial score (nSPS) is 12.4. The highest BCUT2D eigenvalue weighted by Crippen LogP contribution is 1.88. The van der Waals surface area contributed by atoms with Gasteiger partial charge < -0.3 is 24.4 Å². The van der Waals surface area contributed by atoms with E-state index in [9.17, 15) is 4.79 Å². The number of carbonyl (C=O) groups is 1. The predicted molar refractivity (Wildman–Crippen MR) is 69.7 cm³/mol. The summed E-state index contributed by atoms with van der Waals surface area (Å²) in [6.07, 6.45) is 0. The molecule has 1 atom stereocenters. The molecule has 0 saturated heterocycles. The quantitative estimate of drug-likeness (QED) is 0.520. The maximum Gasteiger partial charge on any atom is 0.238 e. The van der Waals surface area contributed by atoms with Gasteiger partial charge in [0.1, 0.15) is 0 Å². The third-order valence-corrected chi connectivity index (χ3v) is 2.31. The van der Waals surface area contributed by atoms with Gasteiger partial charge in [-0.3, -0.25) is 4.79 Å². The van der Waals surface area contributed by atoms with Crippen LogP contribution in [0.3, 0.4) is 0 Å². The molecule has 0 saturated carbocycles. The Balaban J connectivity index is 3.27. The second-order valence-electron chi connectivity index (χ2n) is 4.13. The van der Waals surface area contributed by atoms with E-state index in [0.717, 1.165) is 0 Å². The first-order chi connectivity index (χ1) is 8.59. The summed E-state index contributed by atoms with van der Waals surface area (Å²) in [4.78, 5) is 13.1. The Morgan fingerprint density at radius 3 is 2.22 bits per heavy atom. The lowest BCUT2D eigenvalue weighted by Gasteiger charge is -2.17. The number of carbonyl (C=O) groups excluding carboxylic acids is 1. The van der Waals surface area contributed by atoms with Crippen LogP contribution in [0.15, 0.2) is 0 Å². The van der Waals surface area contributed by atoms with Gasteiger partial charge in [0.05, 0.1) is 39.1 Å². The van der Waals surface area contributed by atoms with Gasteiger partial charge in [0.2, 0.25) is 5.91 Å². The summed E-state index contributed by atoms with van der Waals surface area (Å²) in [6.45, 7) is 5.38. The van der Waals surface area contributed by atoms with Crippen LogP contribution in [0.5, 0.6) is 0 Å². The number of hydrogen-bond acceptors (Lipinski definition) is 5. The van der Waals surface area contributed by atoms with Crippen LogP contribution in [-0.2, 0) is 19.0 Å². The Morgan fingerprint density at radius 1 is 1.11 bits per heavy atom. The first-order valence-electron chi connectivity index (χ1n) is 6.18. The zero-order valence-corrected chi connectivity index (χ0v) is 11.9. The first kappa shape index (κ1) is 17.3. The second kappa shape index (κ2) is 11.4. The molecule has 18 heavy (non-hydrogen) atoms. The van der Waals surface area contributed by atoms with E-state index in [1.165, 1.54) is 0 Å². The SMILES string of the molecule is COCCOCCOCCNC(C)C(=O)N(C)C. The van der Waals surface area contributed by atoms with Gasteiger partial charge in [-0.2, -0.15) is 0 Å². The maximum atomic E-state index is 11.5. The number of likely N-dealkylation sites (N-methyl/N-ethyl adjacent to an activating group) is 1. The monoisotopic (exact) mass is 262 g/mol. The van der Waals surface area contributed by atoms with Crippen molar-refractivity contribution in [1.82, 2.24) is 10.2 Å². The van der Waals surface area contributed by atoms with Crippen molar-refractivity contribution >= 4 is 5.91 Å². The zero-order chi connectivity index (χ0) is 13.8. The average molecular weight is 262 g/mol. The summed E-state index contributed by atoms with van der Waals surface area (Å²) in [7, 11) is 5.13. The number of hydrogen-bond donors (Lipinski definition) is 1. The zero-order valence-electron chi connectivity index (χ0n) is 11.9. The molecule has 0 radical (unpaired) electrons. The van der Waals surface area contributed by atoms with Crippen LogP contribution in [0.4, 0.5) is 0 Å². The molecule has 0 aliphatic rings.